The van der Waals surface area contributed by atoms with Crippen LogP contribution in [0.4, 0.5) is 0 Å². The Morgan fingerprint density at radius 3 is 1.80 bits per heavy atom. The number of aryl methyl sites for hydroxylation is 2. The van der Waals surface area contributed by atoms with Crippen molar-refractivity contribution in [3.8, 4) is 0 Å². The molecule has 0 bridgehead atoms. The van der Waals surface area contributed by atoms with E-state index in [-0.39, 0.29) is 0 Å². The summed E-state index contributed by atoms with van der Waals surface area (Å²) in [5.74, 6) is 0.586. The van der Waals surface area contributed by atoms with Crippen molar-refractivity contribution < 1.29 is 0 Å². The summed E-state index contributed by atoms with van der Waals surface area (Å²) in [6.45, 7) is 16.5. The highest BCUT2D eigenvalue weighted by molar-refractivity contribution is 5.26. The lowest BCUT2D eigenvalue weighted by atomic mass is 10.0. The van der Waals surface area contributed by atoms with Crippen molar-refractivity contribution in [3.63, 3.8) is 0 Å². The molecule has 1 rings (SSSR count). The lowest BCUT2D eigenvalue weighted by molar-refractivity contribution is 0.840. The average Bonchev–Trinajstić information content (AvgIpc) is 2.27. The third-order valence-electron chi connectivity index (χ3n) is 1.88. The van der Waals surface area contributed by atoms with Gasteiger partial charge in [-0.1, -0.05) is 47.6 Å². The summed E-state index contributed by atoms with van der Waals surface area (Å²) < 4.78 is 0. The van der Waals surface area contributed by atoms with Crippen LogP contribution in [0.3, 0.4) is 0 Å². The zero-order valence-electron chi connectivity index (χ0n) is 11.7. The van der Waals surface area contributed by atoms with Crippen LogP contribution in [0, 0.1) is 13.8 Å². The molecule has 0 saturated heterocycles. The van der Waals surface area contributed by atoms with Gasteiger partial charge in [-0.25, -0.2) is 0 Å². The molecule has 1 heterocycles. The Balaban J connectivity index is 0. The van der Waals surface area contributed by atoms with Crippen LogP contribution in [0.1, 0.15) is 64.3 Å². The van der Waals surface area contributed by atoms with Crippen LogP contribution in [0.5, 0.6) is 0 Å². The highest BCUT2D eigenvalue weighted by Gasteiger charge is 2.03. The van der Waals surface area contributed by atoms with Gasteiger partial charge in [-0.05, 0) is 30.9 Å². The van der Waals surface area contributed by atoms with Gasteiger partial charge in [-0.3, -0.25) is 4.98 Å². The normalized spacial score (nSPS) is 8.60. The molecule has 1 heteroatoms. The summed E-state index contributed by atoms with van der Waals surface area (Å²) in [6, 6.07) is 2.22. The third-order valence-corrected chi connectivity index (χ3v) is 1.88. The molecule has 0 aliphatic rings. The van der Waals surface area contributed by atoms with Gasteiger partial charge < -0.3 is 0 Å². The minimum atomic E-state index is 0.586. The molecule has 0 saturated carbocycles. The third kappa shape index (κ3) is 6.27. The number of nitrogens with zero attached hydrogens (tertiary/aromatic N) is 1. The highest BCUT2D eigenvalue weighted by Crippen LogP contribution is 2.17. The quantitative estimate of drug-likeness (QED) is 0.642. The van der Waals surface area contributed by atoms with Gasteiger partial charge in [0.15, 0.2) is 0 Å². The summed E-state index contributed by atoms with van der Waals surface area (Å²) in [5.41, 5.74) is 3.77. The molecule has 0 unspecified atom stereocenters. The summed E-state index contributed by atoms with van der Waals surface area (Å²) in [5, 5.41) is 0. The molecular weight excluding hydrogens is 182 g/mol. The van der Waals surface area contributed by atoms with Gasteiger partial charge in [-0.15, -0.1) is 0 Å². The van der Waals surface area contributed by atoms with Crippen LogP contribution in [0.2, 0.25) is 0 Å². The Bertz CT molecular complexity index is 252. The van der Waals surface area contributed by atoms with Gasteiger partial charge in [0, 0.05) is 11.9 Å². The zero-order chi connectivity index (χ0) is 12.4. The second-order valence-electron chi connectivity index (χ2n) is 3.34. The Labute approximate surface area is 95.9 Å². The van der Waals surface area contributed by atoms with Crippen LogP contribution in [0.15, 0.2) is 12.3 Å². The van der Waals surface area contributed by atoms with E-state index < -0.39 is 0 Å². The number of aromatic nitrogens is 1. The predicted octanol–water partition coefficient (Wildman–Crippen LogP) is 4.87. The van der Waals surface area contributed by atoms with Crippen LogP contribution in [0.25, 0.3) is 0 Å². The minimum absolute atomic E-state index is 0.586. The van der Waals surface area contributed by atoms with E-state index in [1.54, 1.807) is 0 Å². The monoisotopic (exact) mass is 209 g/mol. The van der Waals surface area contributed by atoms with Crippen molar-refractivity contribution in [1.29, 1.82) is 0 Å². The first-order valence-corrected chi connectivity index (χ1v) is 6.04. The fourth-order valence-electron chi connectivity index (χ4n) is 1.24. The van der Waals surface area contributed by atoms with Gasteiger partial charge in [0.1, 0.15) is 0 Å². The van der Waals surface area contributed by atoms with Crippen molar-refractivity contribution in [2.24, 2.45) is 0 Å². The molecular formula is C14H27N. The second-order valence-corrected chi connectivity index (χ2v) is 3.34. The van der Waals surface area contributed by atoms with E-state index in [0.29, 0.717) is 5.92 Å². The molecule has 15 heavy (non-hydrogen) atoms. The van der Waals surface area contributed by atoms with Crippen molar-refractivity contribution in [2.45, 2.75) is 61.3 Å². The van der Waals surface area contributed by atoms with Crippen molar-refractivity contribution in [2.75, 3.05) is 0 Å². The maximum absolute atomic E-state index is 4.30. The van der Waals surface area contributed by atoms with E-state index in [9.17, 15) is 0 Å². The molecule has 0 aliphatic heterocycles. The van der Waals surface area contributed by atoms with E-state index in [4.69, 9.17) is 0 Å². The van der Waals surface area contributed by atoms with E-state index in [1.165, 1.54) is 11.1 Å². The van der Waals surface area contributed by atoms with E-state index in [1.807, 2.05) is 33.9 Å². The van der Waals surface area contributed by atoms with E-state index in [2.05, 4.69) is 38.7 Å². The van der Waals surface area contributed by atoms with Crippen LogP contribution >= 0.6 is 0 Å². The maximum atomic E-state index is 4.30. The molecule has 0 N–H and O–H groups in total. The Morgan fingerprint density at radius 1 is 1.00 bits per heavy atom. The molecule has 88 valence electrons. The van der Waals surface area contributed by atoms with Crippen molar-refractivity contribution in [1.82, 2.24) is 4.98 Å². The first-order chi connectivity index (χ1) is 7.11. The van der Waals surface area contributed by atoms with Gasteiger partial charge in [-0.2, -0.15) is 0 Å². The van der Waals surface area contributed by atoms with Gasteiger partial charge in [0.25, 0.3) is 0 Å². The number of hydrogen-bond acceptors (Lipinski definition) is 1. The molecule has 0 aromatic carbocycles. The number of pyridine rings is 1. The second kappa shape index (κ2) is 9.70. The van der Waals surface area contributed by atoms with Crippen molar-refractivity contribution >= 4 is 0 Å². The minimum Gasteiger partial charge on any atom is -0.261 e. The first kappa shape index (κ1) is 16.6. The first-order valence-electron chi connectivity index (χ1n) is 6.04. The summed E-state index contributed by atoms with van der Waals surface area (Å²) in [6.07, 6.45) is 1.92. The van der Waals surface area contributed by atoms with Gasteiger partial charge in [0.2, 0.25) is 0 Å². The summed E-state index contributed by atoms with van der Waals surface area (Å²) in [4.78, 5) is 4.30. The summed E-state index contributed by atoms with van der Waals surface area (Å²) in [7, 11) is 0. The molecule has 0 amide bonds. The maximum Gasteiger partial charge on any atom is 0.0407 e. The Kier molecular flexibility index (Phi) is 10.7. The van der Waals surface area contributed by atoms with Crippen LogP contribution < -0.4 is 0 Å². The molecule has 1 aromatic heterocycles. The molecule has 0 atom stereocenters. The fourth-order valence-corrected chi connectivity index (χ4v) is 1.24. The van der Waals surface area contributed by atoms with Gasteiger partial charge in [0.05, 0.1) is 0 Å². The van der Waals surface area contributed by atoms with Crippen molar-refractivity contribution in [3.05, 3.63) is 29.1 Å². The van der Waals surface area contributed by atoms with E-state index in [0.717, 1.165) is 5.69 Å². The average molecular weight is 209 g/mol. The molecule has 0 spiro atoms. The SMILES string of the molecule is CC.CC.Cc1cnc(C)c(C(C)C)c1. The zero-order valence-corrected chi connectivity index (χ0v) is 11.7. The Morgan fingerprint density at radius 2 is 1.47 bits per heavy atom. The predicted molar refractivity (Wildman–Crippen MR) is 70.5 cm³/mol. The Hall–Kier alpha value is -0.850. The smallest absolute Gasteiger partial charge is 0.0407 e. The standard InChI is InChI=1S/C10H15N.2C2H6/c1-7(2)10-5-8(3)6-11-9(10)4;2*1-2/h5-7H,1-4H3;2*1-2H3. The van der Waals surface area contributed by atoms with Crippen LogP contribution in [-0.2, 0) is 0 Å². The van der Waals surface area contributed by atoms with E-state index >= 15 is 0 Å². The molecule has 1 nitrogen and oxygen atoms in total. The lowest BCUT2D eigenvalue weighted by Crippen LogP contribution is -1.95. The topological polar surface area (TPSA) is 12.9 Å². The molecule has 0 fully saturated rings. The van der Waals surface area contributed by atoms with Gasteiger partial charge >= 0.3 is 0 Å². The number of rotatable bonds is 1. The highest BCUT2D eigenvalue weighted by atomic mass is 14.7. The molecule has 1 aromatic rings. The number of hydrogen-bond donors (Lipinski definition) is 0. The summed E-state index contributed by atoms with van der Waals surface area (Å²) >= 11 is 0. The largest absolute Gasteiger partial charge is 0.261 e. The molecule has 0 aliphatic carbocycles. The fraction of sp³-hybridized carbons (Fsp3) is 0.643. The van der Waals surface area contributed by atoms with Crippen LogP contribution in [-0.4, -0.2) is 4.98 Å². The molecule has 0 radical (unpaired) electrons. The lowest BCUT2D eigenvalue weighted by Gasteiger charge is -2.08.